The minimum absolute atomic E-state index is 0.0216. The molecule has 1 unspecified atom stereocenters. The van der Waals surface area contributed by atoms with Crippen LogP contribution in [-0.4, -0.2) is 51.6 Å². The van der Waals surface area contributed by atoms with Crippen LogP contribution in [0.5, 0.6) is 23.0 Å². The van der Waals surface area contributed by atoms with Crippen LogP contribution in [0.1, 0.15) is 15.9 Å². The van der Waals surface area contributed by atoms with Crippen molar-refractivity contribution in [1.29, 1.82) is 0 Å². The van der Waals surface area contributed by atoms with E-state index in [-0.39, 0.29) is 13.2 Å². The van der Waals surface area contributed by atoms with E-state index in [9.17, 15) is 9.90 Å². The molecule has 2 N–H and O–H groups in total. The van der Waals surface area contributed by atoms with E-state index in [1.807, 2.05) is 31.2 Å². The Hall–Kier alpha value is -2.45. The fraction of sp³-hybridized carbons (Fsp3) is 0.350. The number of hydrogen-bond donors (Lipinski definition) is 2. The number of benzene rings is 2. The van der Waals surface area contributed by atoms with Gasteiger partial charge in [-0.15, -0.1) is 0 Å². The topological polar surface area (TPSA) is 86.3 Å². The van der Waals surface area contributed by atoms with Crippen LogP contribution in [0, 0.1) is 6.92 Å². The van der Waals surface area contributed by atoms with Crippen molar-refractivity contribution in [3.8, 4) is 23.0 Å². The predicted molar refractivity (Wildman–Crippen MR) is 109 cm³/mol. The van der Waals surface area contributed by atoms with Gasteiger partial charge in [-0.25, -0.2) is 0 Å². The Morgan fingerprint density at radius 3 is 2.39 bits per heavy atom. The number of hydrogen-bond acceptors (Lipinski definition) is 6. The van der Waals surface area contributed by atoms with Crippen LogP contribution in [0.4, 0.5) is 0 Å². The number of amides is 1. The van der Waals surface area contributed by atoms with Crippen molar-refractivity contribution in [1.82, 2.24) is 5.32 Å². The van der Waals surface area contributed by atoms with Crippen molar-refractivity contribution >= 4 is 21.8 Å². The van der Waals surface area contributed by atoms with E-state index < -0.39 is 12.0 Å². The summed E-state index contributed by atoms with van der Waals surface area (Å²) in [5, 5.41) is 12.8. The van der Waals surface area contributed by atoms with E-state index in [1.165, 1.54) is 27.4 Å². The zero-order chi connectivity index (χ0) is 20.7. The van der Waals surface area contributed by atoms with Crippen molar-refractivity contribution in [2.75, 3.05) is 34.5 Å². The molecule has 0 spiro atoms. The minimum Gasteiger partial charge on any atom is -0.493 e. The third-order valence-electron chi connectivity index (χ3n) is 4.04. The van der Waals surface area contributed by atoms with E-state index in [2.05, 4.69) is 21.2 Å². The maximum atomic E-state index is 12.6. The highest BCUT2D eigenvalue weighted by Crippen LogP contribution is 2.44. The average molecular weight is 454 g/mol. The average Bonchev–Trinajstić information content (AvgIpc) is 2.70. The lowest BCUT2D eigenvalue weighted by molar-refractivity contribution is 0.0841. The third kappa shape index (κ3) is 5.08. The van der Waals surface area contributed by atoms with Crippen LogP contribution in [0.15, 0.2) is 34.8 Å². The standard InChI is InChI=1S/C20H24BrNO6/c1-12-7-5-6-8-15(12)28-11-13(23)10-22-20(24)14-9-16(25-2)18(26-3)19(27-4)17(14)21/h5-9,13,23H,10-11H2,1-4H3,(H,22,24). The monoisotopic (exact) mass is 453 g/mol. The summed E-state index contributed by atoms with van der Waals surface area (Å²) in [6.07, 6.45) is -0.871. The van der Waals surface area contributed by atoms with Gasteiger partial charge in [-0.05, 0) is 40.5 Å². The van der Waals surface area contributed by atoms with Gasteiger partial charge in [0.25, 0.3) is 5.91 Å². The Morgan fingerprint density at radius 2 is 1.79 bits per heavy atom. The second-order valence-corrected chi connectivity index (χ2v) is 6.74. The Labute approximate surface area is 172 Å². The van der Waals surface area contributed by atoms with Crippen molar-refractivity contribution < 1.29 is 28.8 Å². The molecule has 7 nitrogen and oxygen atoms in total. The Kier molecular flexibility index (Phi) is 7.95. The summed E-state index contributed by atoms with van der Waals surface area (Å²) in [6.45, 7) is 2.00. The Morgan fingerprint density at radius 1 is 1.11 bits per heavy atom. The van der Waals surface area contributed by atoms with Crippen LogP contribution < -0.4 is 24.3 Å². The molecular formula is C20H24BrNO6. The van der Waals surface area contributed by atoms with Crippen LogP contribution in [0.2, 0.25) is 0 Å². The van der Waals surface area contributed by atoms with E-state index >= 15 is 0 Å². The number of ether oxygens (including phenoxy) is 4. The molecule has 1 amide bonds. The van der Waals surface area contributed by atoms with Gasteiger partial charge >= 0.3 is 0 Å². The van der Waals surface area contributed by atoms with Crippen molar-refractivity contribution in [3.63, 3.8) is 0 Å². The van der Waals surface area contributed by atoms with Crippen LogP contribution in [0.3, 0.4) is 0 Å². The molecule has 0 radical (unpaired) electrons. The largest absolute Gasteiger partial charge is 0.493 e. The lowest BCUT2D eigenvalue weighted by atomic mass is 10.1. The second kappa shape index (κ2) is 10.2. The molecule has 152 valence electrons. The maximum absolute atomic E-state index is 12.6. The summed E-state index contributed by atoms with van der Waals surface area (Å²) in [5.74, 6) is 1.37. The van der Waals surface area contributed by atoms with Gasteiger partial charge < -0.3 is 29.4 Å². The molecule has 0 saturated carbocycles. The molecule has 2 aromatic rings. The number of aliphatic hydroxyl groups excluding tert-OH is 1. The first-order valence-electron chi connectivity index (χ1n) is 8.56. The fourth-order valence-electron chi connectivity index (χ4n) is 2.56. The predicted octanol–water partition coefficient (Wildman–Crippen LogP) is 2.95. The zero-order valence-electron chi connectivity index (χ0n) is 16.2. The van der Waals surface area contributed by atoms with Gasteiger partial charge in [0.15, 0.2) is 11.5 Å². The number of carbonyl (C=O) groups excluding carboxylic acids is 1. The highest BCUT2D eigenvalue weighted by molar-refractivity contribution is 9.10. The molecule has 0 aliphatic carbocycles. The lowest BCUT2D eigenvalue weighted by Crippen LogP contribution is -2.35. The quantitative estimate of drug-likeness (QED) is 0.606. The summed E-state index contributed by atoms with van der Waals surface area (Å²) < 4.78 is 21.9. The molecule has 0 bridgehead atoms. The van der Waals surface area contributed by atoms with Crippen LogP contribution in [-0.2, 0) is 0 Å². The number of carbonyl (C=O) groups is 1. The fourth-order valence-corrected chi connectivity index (χ4v) is 3.19. The number of rotatable bonds is 9. The molecule has 0 fully saturated rings. The maximum Gasteiger partial charge on any atom is 0.252 e. The summed E-state index contributed by atoms with van der Waals surface area (Å²) in [4.78, 5) is 12.6. The van der Waals surface area contributed by atoms with Gasteiger partial charge in [-0.2, -0.15) is 0 Å². The summed E-state index contributed by atoms with van der Waals surface area (Å²) in [6, 6.07) is 9.06. The van der Waals surface area contributed by atoms with Crippen LogP contribution in [0.25, 0.3) is 0 Å². The lowest BCUT2D eigenvalue weighted by Gasteiger charge is -2.17. The smallest absolute Gasteiger partial charge is 0.252 e. The van der Waals surface area contributed by atoms with Gasteiger partial charge in [-0.1, -0.05) is 18.2 Å². The minimum atomic E-state index is -0.871. The number of aryl methyl sites for hydroxylation is 1. The normalized spacial score (nSPS) is 11.5. The summed E-state index contributed by atoms with van der Waals surface area (Å²) in [5.41, 5.74) is 1.27. The Bertz CT molecular complexity index is 827. The van der Waals surface area contributed by atoms with E-state index in [4.69, 9.17) is 18.9 Å². The van der Waals surface area contributed by atoms with E-state index in [1.54, 1.807) is 0 Å². The number of nitrogens with one attached hydrogen (secondary N) is 1. The van der Waals surface area contributed by atoms with E-state index in [0.29, 0.717) is 33.0 Å². The van der Waals surface area contributed by atoms with Gasteiger partial charge in [0.2, 0.25) is 5.75 Å². The summed E-state index contributed by atoms with van der Waals surface area (Å²) >= 11 is 3.36. The van der Waals surface area contributed by atoms with Gasteiger partial charge in [0.1, 0.15) is 18.5 Å². The van der Waals surface area contributed by atoms with Crippen LogP contribution >= 0.6 is 15.9 Å². The highest BCUT2D eigenvalue weighted by atomic mass is 79.9. The Balaban J connectivity index is 2.03. The molecule has 8 heteroatoms. The molecule has 0 aliphatic rings. The molecule has 0 heterocycles. The van der Waals surface area contributed by atoms with Gasteiger partial charge in [-0.3, -0.25) is 4.79 Å². The van der Waals surface area contributed by atoms with Crippen molar-refractivity contribution in [2.45, 2.75) is 13.0 Å². The first-order chi connectivity index (χ1) is 13.4. The van der Waals surface area contributed by atoms with Crippen molar-refractivity contribution in [2.24, 2.45) is 0 Å². The van der Waals surface area contributed by atoms with E-state index in [0.717, 1.165) is 5.56 Å². The first kappa shape index (κ1) is 21.8. The molecule has 1 atom stereocenters. The molecule has 0 aliphatic heterocycles. The molecule has 2 rings (SSSR count). The number of halogens is 1. The summed E-state index contributed by atoms with van der Waals surface area (Å²) in [7, 11) is 4.42. The second-order valence-electron chi connectivity index (χ2n) is 5.95. The number of methoxy groups -OCH3 is 3. The van der Waals surface area contributed by atoms with Gasteiger partial charge in [0, 0.05) is 6.54 Å². The van der Waals surface area contributed by atoms with Crippen molar-refractivity contribution in [3.05, 3.63) is 45.9 Å². The molecule has 0 aromatic heterocycles. The third-order valence-corrected chi connectivity index (χ3v) is 4.82. The highest BCUT2D eigenvalue weighted by Gasteiger charge is 2.23. The first-order valence-corrected chi connectivity index (χ1v) is 9.35. The van der Waals surface area contributed by atoms with Gasteiger partial charge in [0.05, 0.1) is 31.4 Å². The SMILES string of the molecule is COc1cc(C(=O)NCC(O)COc2ccccc2C)c(Br)c(OC)c1OC. The molecule has 28 heavy (non-hydrogen) atoms. The number of aliphatic hydroxyl groups is 1. The zero-order valence-corrected chi connectivity index (χ0v) is 17.8. The number of para-hydroxylation sites is 1. The molecule has 0 saturated heterocycles. The molecular weight excluding hydrogens is 430 g/mol. The molecule has 2 aromatic carbocycles.